The van der Waals surface area contributed by atoms with Gasteiger partial charge in [-0.1, -0.05) is 31.7 Å². The molecule has 0 saturated heterocycles. The summed E-state index contributed by atoms with van der Waals surface area (Å²) in [7, 11) is 1.43. The summed E-state index contributed by atoms with van der Waals surface area (Å²) in [4.78, 5) is 12.4. The van der Waals surface area contributed by atoms with Crippen LogP contribution in [0.5, 0.6) is 11.5 Å². The molecule has 0 aliphatic heterocycles. The van der Waals surface area contributed by atoms with E-state index in [2.05, 4.69) is 11.4 Å². The molecule has 0 spiro atoms. The van der Waals surface area contributed by atoms with Crippen molar-refractivity contribution >= 4 is 5.91 Å². The summed E-state index contributed by atoms with van der Waals surface area (Å²) in [5.74, 6) is -0.386. The minimum Gasteiger partial charge on any atom is -0.504 e. The van der Waals surface area contributed by atoms with Gasteiger partial charge in [0.1, 0.15) is 5.54 Å². The molecule has 1 saturated carbocycles. The van der Waals surface area contributed by atoms with Crippen LogP contribution in [0, 0.1) is 11.3 Å². The molecule has 1 aromatic rings. The number of nitriles is 1. The molecule has 0 aromatic heterocycles. The topological polar surface area (TPSA) is 82.3 Å². The van der Waals surface area contributed by atoms with E-state index in [-0.39, 0.29) is 17.1 Å². The van der Waals surface area contributed by atoms with Gasteiger partial charge in [-0.25, -0.2) is 0 Å². The Morgan fingerprint density at radius 1 is 1.33 bits per heavy atom. The second kappa shape index (κ2) is 6.49. The second-order valence-electron chi connectivity index (χ2n) is 5.42. The van der Waals surface area contributed by atoms with E-state index in [1.165, 1.54) is 13.2 Å². The fourth-order valence-electron chi connectivity index (χ4n) is 2.75. The zero-order valence-electron chi connectivity index (χ0n) is 12.2. The van der Waals surface area contributed by atoms with Crippen LogP contribution in [-0.2, 0) is 0 Å². The van der Waals surface area contributed by atoms with Gasteiger partial charge in [0.2, 0.25) is 0 Å². The molecule has 1 fully saturated rings. The zero-order valence-corrected chi connectivity index (χ0v) is 12.2. The third-order valence-corrected chi connectivity index (χ3v) is 3.99. The van der Waals surface area contributed by atoms with Crippen molar-refractivity contribution in [2.24, 2.45) is 0 Å². The minimum atomic E-state index is -0.830. The Morgan fingerprint density at radius 2 is 2.00 bits per heavy atom. The van der Waals surface area contributed by atoms with Gasteiger partial charge in [0, 0.05) is 0 Å². The first-order valence-corrected chi connectivity index (χ1v) is 7.21. The fourth-order valence-corrected chi connectivity index (χ4v) is 2.75. The van der Waals surface area contributed by atoms with Crippen LogP contribution in [0.15, 0.2) is 18.2 Å². The molecule has 0 radical (unpaired) electrons. The number of carbonyl (C=O) groups is 1. The first-order chi connectivity index (χ1) is 10.1. The molecule has 21 heavy (non-hydrogen) atoms. The molecule has 5 heteroatoms. The standard InChI is InChI=1S/C16H20N2O3/c1-21-13-8-6-7-12(14(13)19)15(20)18-16(11-17)9-4-2-3-5-10-16/h6-8,19H,2-5,9-10H2,1H3,(H,18,20). The summed E-state index contributed by atoms with van der Waals surface area (Å²) in [5.41, 5.74) is -0.698. The number of rotatable bonds is 3. The highest BCUT2D eigenvalue weighted by atomic mass is 16.5. The number of para-hydroxylation sites is 1. The molecule has 1 aliphatic carbocycles. The molecule has 0 bridgehead atoms. The Hall–Kier alpha value is -2.22. The summed E-state index contributed by atoms with van der Waals surface area (Å²) in [6.07, 6.45) is 5.34. The Kier molecular flexibility index (Phi) is 4.69. The van der Waals surface area contributed by atoms with E-state index in [1.807, 2.05) is 0 Å². The van der Waals surface area contributed by atoms with Crippen molar-refractivity contribution in [2.45, 2.75) is 44.1 Å². The van der Waals surface area contributed by atoms with Crippen LogP contribution in [0.1, 0.15) is 48.9 Å². The average Bonchev–Trinajstić information content (AvgIpc) is 2.73. The van der Waals surface area contributed by atoms with Gasteiger partial charge in [0.05, 0.1) is 18.7 Å². The van der Waals surface area contributed by atoms with Crippen molar-refractivity contribution in [3.8, 4) is 17.6 Å². The highest BCUT2D eigenvalue weighted by Gasteiger charge is 2.33. The number of carbonyl (C=O) groups excluding carboxylic acids is 1. The van der Waals surface area contributed by atoms with Gasteiger partial charge in [-0.2, -0.15) is 5.26 Å². The zero-order chi connectivity index (χ0) is 15.3. The van der Waals surface area contributed by atoms with E-state index in [4.69, 9.17) is 4.74 Å². The van der Waals surface area contributed by atoms with Crippen LogP contribution in [0.3, 0.4) is 0 Å². The van der Waals surface area contributed by atoms with Crippen molar-refractivity contribution < 1.29 is 14.6 Å². The Balaban J connectivity index is 2.22. The fraction of sp³-hybridized carbons (Fsp3) is 0.500. The molecule has 1 aliphatic rings. The van der Waals surface area contributed by atoms with E-state index in [9.17, 15) is 15.2 Å². The SMILES string of the molecule is COc1cccc(C(=O)NC2(C#N)CCCCCC2)c1O. The van der Waals surface area contributed by atoms with Crippen molar-refractivity contribution in [3.63, 3.8) is 0 Å². The lowest BCUT2D eigenvalue weighted by Crippen LogP contribution is -2.47. The third-order valence-electron chi connectivity index (χ3n) is 3.99. The quantitative estimate of drug-likeness (QED) is 0.838. The van der Waals surface area contributed by atoms with Crippen LogP contribution in [0.4, 0.5) is 0 Å². The monoisotopic (exact) mass is 288 g/mol. The van der Waals surface area contributed by atoms with E-state index in [0.29, 0.717) is 12.8 Å². The highest BCUT2D eigenvalue weighted by molar-refractivity contribution is 5.98. The summed E-state index contributed by atoms with van der Waals surface area (Å²) < 4.78 is 5.00. The summed E-state index contributed by atoms with van der Waals surface area (Å²) >= 11 is 0. The molecular formula is C16H20N2O3. The number of phenols is 1. The van der Waals surface area contributed by atoms with Crippen LogP contribution in [0.25, 0.3) is 0 Å². The predicted octanol–water partition coefficient (Wildman–Crippen LogP) is 2.75. The van der Waals surface area contributed by atoms with Crippen molar-refractivity contribution in [2.75, 3.05) is 7.11 Å². The van der Waals surface area contributed by atoms with Crippen LogP contribution in [-0.4, -0.2) is 23.7 Å². The van der Waals surface area contributed by atoms with Gasteiger partial charge in [-0.3, -0.25) is 4.79 Å². The maximum absolute atomic E-state index is 12.4. The lowest BCUT2D eigenvalue weighted by molar-refractivity contribution is 0.0909. The van der Waals surface area contributed by atoms with Crippen LogP contribution < -0.4 is 10.1 Å². The van der Waals surface area contributed by atoms with E-state index >= 15 is 0 Å². The van der Waals surface area contributed by atoms with Gasteiger partial charge >= 0.3 is 0 Å². The van der Waals surface area contributed by atoms with Gasteiger partial charge < -0.3 is 15.2 Å². The number of aromatic hydroxyl groups is 1. The van der Waals surface area contributed by atoms with Crippen LogP contribution in [0.2, 0.25) is 0 Å². The third kappa shape index (κ3) is 3.27. The largest absolute Gasteiger partial charge is 0.504 e. The Bertz CT molecular complexity index is 555. The van der Waals surface area contributed by atoms with E-state index in [0.717, 1.165) is 25.7 Å². The van der Waals surface area contributed by atoms with Crippen LogP contribution >= 0.6 is 0 Å². The highest BCUT2D eigenvalue weighted by Crippen LogP contribution is 2.31. The number of hydrogen-bond acceptors (Lipinski definition) is 4. The second-order valence-corrected chi connectivity index (χ2v) is 5.42. The van der Waals surface area contributed by atoms with Crippen molar-refractivity contribution in [1.29, 1.82) is 5.26 Å². The summed E-state index contributed by atoms with van der Waals surface area (Å²) in [5, 5.41) is 22.3. The molecule has 2 rings (SSSR count). The Morgan fingerprint density at radius 3 is 2.57 bits per heavy atom. The first kappa shape index (κ1) is 15.2. The van der Waals surface area contributed by atoms with Crippen molar-refractivity contribution in [3.05, 3.63) is 23.8 Å². The number of ether oxygens (including phenoxy) is 1. The molecular weight excluding hydrogens is 268 g/mol. The molecule has 0 unspecified atom stereocenters. The number of hydrogen-bond donors (Lipinski definition) is 2. The maximum atomic E-state index is 12.4. The van der Waals surface area contributed by atoms with Crippen molar-refractivity contribution in [1.82, 2.24) is 5.32 Å². The van der Waals surface area contributed by atoms with E-state index in [1.54, 1.807) is 12.1 Å². The molecule has 1 aromatic carbocycles. The maximum Gasteiger partial charge on any atom is 0.256 e. The number of methoxy groups -OCH3 is 1. The lowest BCUT2D eigenvalue weighted by Gasteiger charge is -2.26. The summed E-state index contributed by atoms with van der Waals surface area (Å²) in [6, 6.07) is 7.00. The number of nitrogens with zero attached hydrogens (tertiary/aromatic N) is 1. The first-order valence-electron chi connectivity index (χ1n) is 7.21. The number of phenolic OH excluding ortho intramolecular Hbond substituents is 1. The smallest absolute Gasteiger partial charge is 0.256 e. The van der Waals surface area contributed by atoms with Gasteiger partial charge in [-0.15, -0.1) is 0 Å². The molecule has 0 heterocycles. The normalized spacial score (nSPS) is 17.3. The average molecular weight is 288 g/mol. The van der Waals surface area contributed by atoms with Gasteiger partial charge in [0.25, 0.3) is 5.91 Å². The number of amides is 1. The Labute approximate surface area is 124 Å². The predicted molar refractivity (Wildman–Crippen MR) is 78.2 cm³/mol. The van der Waals surface area contributed by atoms with Gasteiger partial charge in [-0.05, 0) is 25.0 Å². The molecule has 0 atom stereocenters. The number of nitrogens with one attached hydrogen (secondary N) is 1. The minimum absolute atomic E-state index is 0.133. The summed E-state index contributed by atoms with van der Waals surface area (Å²) in [6.45, 7) is 0. The van der Waals surface area contributed by atoms with Gasteiger partial charge in [0.15, 0.2) is 11.5 Å². The molecule has 112 valence electrons. The number of benzene rings is 1. The lowest BCUT2D eigenvalue weighted by atomic mass is 9.91. The molecule has 5 nitrogen and oxygen atoms in total. The molecule has 1 amide bonds. The molecule has 2 N–H and O–H groups in total. The van der Waals surface area contributed by atoms with E-state index < -0.39 is 11.4 Å².